The minimum absolute atomic E-state index is 0.139. The third kappa shape index (κ3) is 3.35. The number of hydrogen-bond donors (Lipinski definition) is 1. The van der Waals surface area contributed by atoms with Gasteiger partial charge >= 0.3 is 0 Å². The van der Waals surface area contributed by atoms with Crippen molar-refractivity contribution < 1.29 is 4.74 Å². The van der Waals surface area contributed by atoms with Crippen LogP contribution < -0.4 is 10.1 Å². The van der Waals surface area contributed by atoms with Crippen LogP contribution >= 0.6 is 0 Å². The highest BCUT2D eigenvalue weighted by Gasteiger charge is 2.32. The van der Waals surface area contributed by atoms with E-state index in [2.05, 4.69) is 58.1 Å². The second-order valence-electron chi connectivity index (χ2n) is 7.01. The van der Waals surface area contributed by atoms with Crippen molar-refractivity contribution in [1.82, 2.24) is 5.32 Å². The lowest BCUT2D eigenvalue weighted by atomic mass is 9.85. The summed E-state index contributed by atoms with van der Waals surface area (Å²) in [6, 6.07) is 7.20. The third-order valence-electron chi connectivity index (χ3n) is 4.21. The van der Waals surface area contributed by atoms with Crippen molar-refractivity contribution in [3.8, 4) is 5.75 Å². The van der Waals surface area contributed by atoms with E-state index in [1.165, 1.54) is 24.0 Å². The van der Waals surface area contributed by atoms with E-state index in [-0.39, 0.29) is 5.41 Å². The van der Waals surface area contributed by atoms with Gasteiger partial charge in [-0.15, -0.1) is 0 Å². The van der Waals surface area contributed by atoms with E-state index in [0.29, 0.717) is 6.04 Å². The Balaban J connectivity index is 2.21. The van der Waals surface area contributed by atoms with E-state index in [1.54, 1.807) is 0 Å². The summed E-state index contributed by atoms with van der Waals surface area (Å²) < 4.78 is 5.79. The normalized spacial score (nSPS) is 17.9. The highest BCUT2D eigenvalue weighted by atomic mass is 16.5. The molecule has 0 spiro atoms. The highest BCUT2D eigenvalue weighted by molar-refractivity contribution is 5.45. The molecule has 0 radical (unpaired) electrons. The number of benzene rings is 1. The largest absolute Gasteiger partial charge is 0.492 e. The van der Waals surface area contributed by atoms with Gasteiger partial charge in [-0.25, -0.2) is 0 Å². The Hall–Kier alpha value is -1.02. The summed E-state index contributed by atoms with van der Waals surface area (Å²) >= 11 is 0. The number of rotatable bonds is 6. The quantitative estimate of drug-likeness (QED) is 0.828. The molecule has 1 aliphatic heterocycles. The second kappa shape index (κ2) is 6.17. The Bertz CT molecular complexity index is 451. The molecule has 0 bridgehead atoms. The van der Waals surface area contributed by atoms with Gasteiger partial charge in [0.2, 0.25) is 0 Å². The Morgan fingerprint density at radius 2 is 2.00 bits per heavy atom. The van der Waals surface area contributed by atoms with Crippen molar-refractivity contribution in [2.45, 2.75) is 58.9 Å². The lowest BCUT2D eigenvalue weighted by Crippen LogP contribution is -2.22. The lowest BCUT2D eigenvalue weighted by molar-refractivity contribution is 0.291. The van der Waals surface area contributed by atoms with Crippen LogP contribution in [-0.4, -0.2) is 13.2 Å². The first-order valence-corrected chi connectivity index (χ1v) is 7.94. The number of fused-ring (bicyclic) bond motifs is 1. The van der Waals surface area contributed by atoms with Gasteiger partial charge in [0.15, 0.2) is 0 Å². The van der Waals surface area contributed by atoms with Gasteiger partial charge < -0.3 is 10.1 Å². The summed E-state index contributed by atoms with van der Waals surface area (Å²) in [6.07, 6.45) is 2.46. The van der Waals surface area contributed by atoms with Crippen LogP contribution in [0.1, 0.15) is 64.6 Å². The van der Waals surface area contributed by atoms with Crippen LogP contribution in [0.15, 0.2) is 18.2 Å². The van der Waals surface area contributed by atoms with Crippen molar-refractivity contribution >= 4 is 0 Å². The van der Waals surface area contributed by atoms with Crippen LogP contribution in [0.25, 0.3) is 0 Å². The average Bonchev–Trinajstić information content (AvgIpc) is 2.70. The zero-order chi connectivity index (χ0) is 14.8. The summed E-state index contributed by atoms with van der Waals surface area (Å²) in [6.45, 7) is 13.1. The van der Waals surface area contributed by atoms with Crippen LogP contribution in [0, 0.1) is 5.92 Å². The molecule has 0 aromatic heterocycles. The standard InChI is InChI=1S/C18H29NO/c1-6-19-16(9-7-13(2)3)14-8-10-17-15(11-14)18(4,5)12-20-17/h8,10-11,13,16,19H,6-7,9,12H2,1-5H3. The summed E-state index contributed by atoms with van der Waals surface area (Å²) in [4.78, 5) is 0. The smallest absolute Gasteiger partial charge is 0.123 e. The van der Waals surface area contributed by atoms with E-state index in [9.17, 15) is 0 Å². The maximum absolute atomic E-state index is 5.79. The van der Waals surface area contributed by atoms with E-state index in [0.717, 1.165) is 24.8 Å². The Morgan fingerprint density at radius 1 is 1.25 bits per heavy atom. The zero-order valence-electron chi connectivity index (χ0n) is 13.6. The minimum atomic E-state index is 0.139. The van der Waals surface area contributed by atoms with Gasteiger partial charge in [0.1, 0.15) is 5.75 Å². The minimum Gasteiger partial charge on any atom is -0.492 e. The van der Waals surface area contributed by atoms with Gasteiger partial charge in [-0.05, 0) is 43.0 Å². The first-order chi connectivity index (χ1) is 9.44. The summed E-state index contributed by atoms with van der Waals surface area (Å²) in [7, 11) is 0. The van der Waals surface area contributed by atoms with Crippen LogP contribution in [0.2, 0.25) is 0 Å². The monoisotopic (exact) mass is 275 g/mol. The van der Waals surface area contributed by atoms with Crippen LogP contribution in [0.3, 0.4) is 0 Å². The number of nitrogens with one attached hydrogen (secondary N) is 1. The third-order valence-corrected chi connectivity index (χ3v) is 4.21. The Kier molecular flexibility index (Phi) is 4.74. The molecule has 0 fully saturated rings. The molecule has 1 aromatic carbocycles. The SMILES string of the molecule is CCNC(CCC(C)C)c1ccc2c(c1)C(C)(C)CO2. The van der Waals surface area contributed by atoms with Crippen LogP contribution in [0.4, 0.5) is 0 Å². The molecule has 2 nitrogen and oxygen atoms in total. The van der Waals surface area contributed by atoms with Gasteiger partial charge in [-0.2, -0.15) is 0 Å². The molecule has 1 atom stereocenters. The van der Waals surface area contributed by atoms with E-state index < -0.39 is 0 Å². The van der Waals surface area contributed by atoms with Crippen molar-refractivity contribution in [2.75, 3.05) is 13.2 Å². The topological polar surface area (TPSA) is 21.3 Å². The van der Waals surface area contributed by atoms with Gasteiger partial charge in [0, 0.05) is 17.0 Å². The van der Waals surface area contributed by atoms with E-state index >= 15 is 0 Å². The number of hydrogen-bond acceptors (Lipinski definition) is 2. The van der Waals surface area contributed by atoms with Gasteiger partial charge in [0.05, 0.1) is 6.61 Å². The molecule has 1 N–H and O–H groups in total. The number of ether oxygens (including phenoxy) is 1. The van der Waals surface area contributed by atoms with Crippen LogP contribution in [-0.2, 0) is 5.41 Å². The summed E-state index contributed by atoms with van der Waals surface area (Å²) in [5, 5.41) is 3.63. The van der Waals surface area contributed by atoms with E-state index in [4.69, 9.17) is 4.74 Å². The molecule has 0 amide bonds. The Labute approximate surface area is 123 Å². The molecule has 112 valence electrons. The van der Waals surface area contributed by atoms with Gasteiger partial charge in [-0.3, -0.25) is 0 Å². The predicted octanol–water partition coefficient (Wildman–Crippen LogP) is 4.44. The fraction of sp³-hybridized carbons (Fsp3) is 0.667. The summed E-state index contributed by atoms with van der Waals surface area (Å²) in [5.41, 5.74) is 2.91. The predicted molar refractivity (Wildman–Crippen MR) is 85.5 cm³/mol. The summed E-state index contributed by atoms with van der Waals surface area (Å²) in [5.74, 6) is 1.82. The average molecular weight is 275 g/mol. The molecule has 0 aliphatic carbocycles. The van der Waals surface area contributed by atoms with Crippen molar-refractivity contribution in [3.63, 3.8) is 0 Å². The molecule has 1 heterocycles. The Morgan fingerprint density at radius 3 is 2.65 bits per heavy atom. The van der Waals surface area contributed by atoms with Crippen molar-refractivity contribution in [3.05, 3.63) is 29.3 Å². The zero-order valence-corrected chi connectivity index (χ0v) is 13.6. The van der Waals surface area contributed by atoms with E-state index in [1.807, 2.05) is 0 Å². The molecule has 1 aromatic rings. The van der Waals surface area contributed by atoms with Crippen molar-refractivity contribution in [2.24, 2.45) is 5.92 Å². The molecular formula is C18H29NO. The maximum Gasteiger partial charge on any atom is 0.123 e. The van der Waals surface area contributed by atoms with Gasteiger partial charge in [-0.1, -0.05) is 40.7 Å². The molecule has 20 heavy (non-hydrogen) atoms. The molecule has 1 unspecified atom stereocenters. The molecule has 0 saturated heterocycles. The van der Waals surface area contributed by atoms with Gasteiger partial charge in [0.25, 0.3) is 0 Å². The molecule has 0 saturated carbocycles. The first kappa shape index (κ1) is 15.4. The fourth-order valence-corrected chi connectivity index (χ4v) is 2.89. The molecular weight excluding hydrogens is 246 g/mol. The fourth-order valence-electron chi connectivity index (χ4n) is 2.89. The second-order valence-corrected chi connectivity index (χ2v) is 7.01. The first-order valence-electron chi connectivity index (χ1n) is 7.94. The van der Waals surface area contributed by atoms with Crippen molar-refractivity contribution in [1.29, 1.82) is 0 Å². The molecule has 1 aliphatic rings. The van der Waals surface area contributed by atoms with Crippen LogP contribution in [0.5, 0.6) is 5.75 Å². The molecule has 2 rings (SSSR count). The maximum atomic E-state index is 5.79. The highest BCUT2D eigenvalue weighted by Crippen LogP contribution is 2.40. The lowest BCUT2D eigenvalue weighted by Gasteiger charge is -2.22. The molecule has 2 heteroatoms.